The zero-order valence-corrected chi connectivity index (χ0v) is 8.39. The highest BCUT2D eigenvalue weighted by atomic mass is 32.2. The fourth-order valence-corrected chi connectivity index (χ4v) is 1.73. The van der Waals surface area contributed by atoms with Crippen molar-refractivity contribution < 1.29 is 13.2 Å². The molecule has 1 aliphatic rings. The van der Waals surface area contributed by atoms with Crippen molar-refractivity contribution in [2.24, 2.45) is 0 Å². The van der Waals surface area contributed by atoms with Gasteiger partial charge in [-0.05, 0) is 18.6 Å². The summed E-state index contributed by atoms with van der Waals surface area (Å²) < 4.78 is 37.0. The van der Waals surface area contributed by atoms with Gasteiger partial charge < -0.3 is 5.32 Å². The van der Waals surface area contributed by atoms with Gasteiger partial charge in [-0.25, -0.2) is 0 Å². The lowest BCUT2D eigenvalue weighted by atomic mass is 10.2. The first-order chi connectivity index (χ1) is 6.02. The zero-order valence-electron chi connectivity index (χ0n) is 7.58. The maximum absolute atomic E-state index is 12.3. The van der Waals surface area contributed by atoms with Gasteiger partial charge in [0.2, 0.25) is 0 Å². The van der Waals surface area contributed by atoms with Crippen LogP contribution in [-0.4, -0.2) is 29.8 Å². The van der Waals surface area contributed by atoms with E-state index in [1.807, 2.05) is 6.92 Å². The van der Waals surface area contributed by atoms with Gasteiger partial charge in [0.25, 0.3) is 0 Å². The molecule has 13 heavy (non-hydrogen) atoms. The minimum atomic E-state index is -4.07. The van der Waals surface area contributed by atoms with Crippen LogP contribution in [0.3, 0.4) is 0 Å². The van der Waals surface area contributed by atoms with Crippen LogP contribution in [0.25, 0.3) is 0 Å². The van der Waals surface area contributed by atoms with Crippen LogP contribution in [0.1, 0.15) is 19.8 Å². The molecule has 1 saturated carbocycles. The smallest absolute Gasteiger partial charge is 0.303 e. The third kappa shape index (κ3) is 2.77. The number of halogens is 3. The Morgan fingerprint density at radius 2 is 2.00 bits per heavy atom. The van der Waals surface area contributed by atoms with E-state index in [9.17, 15) is 13.2 Å². The molecule has 0 saturated heterocycles. The van der Waals surface area contributed by atoms with E-state index in [1.165, 1.54) is 0 Å². The largest absolute Gasteiger partial charge is 0.406 e. The van der Waals surface area contributed by atoms with Crippen molar-refractivity contribution in [3.63, 3.8) is 0 Å². The van der Waals surface area contributed by atoms with Crippen molar-refractivity contribution in [2.75, 3.05) is 18.1 Å². The Balaban J connectivity index is 2.21. The SMILES string of the molecule is CCSCCNC1(C(F)(F)F)CC1. The molecule has 1 rings (SSSR count). The normalized spacial score (nSPS) is 20.3. The molecule has 1 fully saturated rings. The summed E-state index contributed by atoms with van der Waals surface area (Å²) >= 11 is 1.66. The van der Waals surface area contributed by atoms with Crippen molar-refractivity contribution in [3.8, 4) is 0 Å². The van der Waals surface area contributed by atoms with Crippen LogP contribution in [0.15, 0.2) is 0 Å². The van der Waals surface area contributed by atoms with E-state index in [4.69, 9.17) is 0 Å². The quantitative estimate of drug-likeness (QED) is 0.704. The average Bonchev–Trinajstić information content (AvgIpc) is 2.77. The zero-order chi connectivity index (χ0) is 9.95. The average molecular weight is 213 g/mol. The molecule has 78 valence electrons. The highest BCUT2D eigenvalue weighted by Crippen LogP contribution is 2.48. The van der Waals surface area contributed by atoms with Gasteiger partial charge in [0.05, 0.1) is 0 Å². The molecule has 0 heterocycles. The van der Waals surface area contributed by atoms with Gasteiger partial charge in [0, 0.05) is 12.3 Å². The minimum Gasteiger partial charge on any atom is -0.303 e. The van der Waals surface area contributed by atoms with Crippen molar-refractivity contribution in [2.45, 2.75) is 31.5 Å². The molecule has 0 radical (unpaired) electrons. The molecule has 0 amide bonds. The van der Waals surface area contributed by atoms with Gasteiger partial charge in [-0.3, -0.25) is 0 Å². The van der Waals surface area contributed by atoms with E-state index in [2.05, 4.69) is 5.32 Å². The predicted octanol–water partition coefficient (Wildman–Crippen LogP) is 2.42. The van der Waals surface area contributed by atoms with Crippen LogP contribution in [0.4, 0.5) is 13.2 Å². The second kappa shape index (κ2) is 4.09. The Labute approximate surface area is 80.5 Å². The molecular formula is C8H14F3NS. The first-order valence-electron chi connectivity index (χ1n) is 4.41. The summed E-state index contributed by atoms with van der Waals surface area (Å²) in [5, 5.41) is 2.60. The molecule has 0 aromatic heterocycles. The van der Waals surface area contributed by atoms with Crippen molar-refractivity contribution in [1.82, 2.24) is 5.32 Å². The van der Waals surface area contributed by atoms with Crippen LogP contribution in [-0.2, 0) is 0 Å². The fourth-order valence-electron chi connectivity index (χ4n) is 1.19. The number of hydrogen-bond donors (Lipinski definition) is 1. The van der Waals surface area contributed by atoms with E-state index in [-0.39, 0.29) is 12.8 Å². The lowest BCUT2D eigenvalue weighted by molar-refractivity contribution is -0.165. The third-order valence-corrected chi connectivity index (χ3v) is 3.11. The Hall–Kier alpha value is 0.100. The van der Waals surface area contributed by atoms with Gasteiger partial charge in [0.1, 0.15) is 5.54 Å². The summed E-state index contributed by atoms with van der Waals surface area (Å²) in [6.45, 7) is 2.46. The lowest BCUT2D eigenvalue weighted by Gasteiger charge is -2.20. The van der Waals surface area contributed by atoms with Gasteiger partial charge in [-0.1, -0.05) is 6.92 Å². The summed E-state index contributed by atoms with van der Waals surface area (Å²) in [4.78, 5) is 0. The molecule has 0 aliphatic heterocycles. The lowest BCUT2D eigenvalue weighted by Crippen LogP contribution is -2.45. The Morgan fingerprint density at radius 1 is 1.38 bits per heavy atom. The molecule has 5 heteroatoms. The van der Waals surface area contributed by atoms with E-state index in [0.717, 1.165) is 11.5 Å². The molecule has 1 nitrogen and oxygen atoms in total. The van der Waals surface area contributed by atoms with Crippen molar-refractivity contribution >= 4 is 11.8 Å². The first kappa shape index (κ1) is 11.2. The molecule has 1 N–H and O–H groups in total. The van der Waals surface area contributed by atoms with Crippen molar-refractivity contribution in [1.29, 1.82) is 0 Å². The summed E-state index contributed by atoms with van der Waals surface area (Å²) in [5.41, 5.74) is -1.53. The summed E-state index contributed by atoms with van der Waals surface area (Å²) in [7, 11) is 0. The van der Waals surface area contributed by atoms with Crippen LogP contribution in [0.5, 0.6) is 0 Å². The number of alkyl halides is 3. The highest BCUT2D eigenvalue weighted by molar-refractivity contribution is 7.99. The molecule has 0 atom stereocenters. The van der Waals surface area contributed by atoms with E-state index in [1.54, 1.807) is 11.8 Å². The standard InChI is InChI=1S/C8H14F3NS/c1-2-13-6-5-12-7(3-4-7)8(9,10)11/h12H,2-6H2,1H3. The number of hydrogen-bond acceptors (Lipinski definition) is 2. The van der Waals surface area contributed by atoms with Gasteiger partial charge in [0.15, 0.2) is 0 Å². The molecule has 1 aliphatic carbocycles. The first-order valence-corrected chi connectivity index (χ1v) is 5.57. The topological polar surface area (TPSA) is 12.0 Å². The van der Waals surface area contributed by atoms with E-state index in [0.29, 0.717) is 6.54 Å². The maximum atomic E-state index is 12.3. The Morgan fingerprint density at radius 3 is 2.38 bits per heavy atom. The fraction of sp³-hybridized carbons (Fsp3) is 1.00. The summed E-state index contributed by atoms with van der Waals surface area (Å²) in [6, 6.07) is 0. The van der Waals surface area contributed by atoms with Crippen molar-refractivity contribution in [3.05, 3.63) is 0 Å². The second-order valence-electron chi connectivity index (χ2n) is 3.20. The van der Waals surface area contributed by atoms with Crippen LogP contribution >= 0.6 is 11.8 Å². The van der Waals surface area contributed by atoms with Crippen LogP contribution in [0, 0.1) is 0 Å². The molecule has 0 unspecified atom stereocenters. The number of thioether (sulfide) groups is 1. The minimum absolute atomic E-state index is 0.243. The van der Waals surface area contributed by atoms with E-state index < -0.39 is 11.7 Å². The van der Waals surface area contributed by atoms with Crippen LogP contribution in [0.2, 0.25) is 0 Å². The second-order valence-corrected chi connectivity index (χ2v) is 4.60. The highest BCUT2D eigenvalue weighted by Gasteiger charge is 2.62. The third-order valence-electron chi connectivity index (χ3n) is 2.21. The van der Waals surface area contributed by atoms with Gasteiger partial charge in [-0.15, -0.1) is 0 Å². The van der Waals surface area contributed by atoms with E-state index >= 15 is 0 Å². The van der Waals surface area contributed by atoms with Crippen LogP contribution < -0.4 is 5.32 Å². The monoisotopic (exact) mass is 213 g/mol. The predicted molar refractivity (Wildman–Crippen MR) is 49.0 cm³/mol. The maximum Gasteiger partial charge on any atom is 0.406 e. The summed E-state index contributed by atoms with van der Waals surface area (Å²) in [5.74, 6) is 1.72. The Kier molecular flexibility index (Phi) is 3.51. The molecule has 0 spiro atoms. The van der Waals surface area contributed by atoms with Gasteiger partial charge >= 0.3 is 6.18 Å². The molecule has 0 aromatic rings. The summed E-state index contributed by atoms with van der Waals surface area (Å²) in [6.07, 6.45) is -3.58. The molecular weight excluding hydrogens is 199 g/mol. The van der Waals surface area contributed by atoms with Gasteiger partial charge in [-0.2, -0.15) is 24.9 Å². The Bertz CT molecular complexity index is 165. The number of nitrogens with one attached hydrogen (secondary N) is 1. The molecule has 0 bridgehead atoms. The number of rotatable bonds is 5. The molecule has 0 aromatic carbocycles.